The van der Waals surface area contributed by atoms with Crippen LogP contribution in [0.25, 0.3) is 22.2 Å². The smallest absolute Gasteiger partial charge is 0.434 e. The molecule has 318 valence electrons. The topological polar surface area (TPSA) is 121 Å². The number of halogens is 3. The molecule has 1 aromatic carbocycles. The van der Waals surface area contributed by atoms with E-state index in [0.717, 1.165) is 43.9 Å². The maximum atomic E-state index is 14.8. The highest BCUT2D eigenvalue weighted by molar-refractivity contribution is 6.76. The van der Waals surface area contributed by atoms with Crippen molar-refractivity contribution in [3.8, 4) is 17.0 Å². The van der Waals surface area contributed by atoms with Crippen molar-refractivity contribution in [3.05, 3.63) is 66.2 Å². The minimum atomic E-state index is -4.88. The van der Waals surface area contributed by atoms with E-state index in [1.54, 1.807) is 24.7 Å². The summed E-state index contributed by atoms with van der Waals surface area (Å²) in [7, 11) is -1.36. The fourth-order valence-corrected chi connectivity index (χ4v) is 9.59. The maximum Gasteiger partial charge on any atom is 0.434 e. The normalized spacial score (nSPS) is 21.7. The summed E-state index contributed by atoms with van der Waals surface area (Å²) in [4.78, 5) is 41.5. The Morgan fingerprint density at radius 1 is 0.932 bits per heavy atom. The predicted octanol–water partition coefficient (Wildman–Crippen LogP) is 9.14. The summed E-state index contributed by atoms with van der Waals surface area (Å²) in [5, 5.41) is 3.60. The van der Waals surface area contributed by atoms with E-state index in [4.69, 9.17) is 14.2 Å². The molecule has 3 aromatic heterocycles. The van der Waals surface area contributed by atoms with Crippen molar-refractivity contribution in [3.63, 3.8) is 0 Å². The number of fused-ring (bicyclic) bond motifs is 3. The summed E-state index contributed by atoms with van der Waals surface area (Å²) in [5.74, 6) is 0.510. The lowest BCUT2D eigenvalue weighted by Gasteiger charge is -2.42. The molecule has 1 aliphatic heterocycles. The van der Waals surface area contributed by atoms with E-state index >= 15 is 0 Å². The van der Waals surface area contributed by atoms with E-state index in [-0.39, 0.29) is 48.3 Å². The summed E-state index contributed by atoms with van der Waals surface area (Å²) in [6.45, 7) is 14.6. The molecule has 0 radical (unpaired) electrons. The first kappa shape index (κ1) is 42.6. The highest BCUT2D eigenvalue weighted by Gasteiger charge is 2.42. The third kappa shape index (κ3) is 10.8. The molecule has 2 aliphatic carbocycles. The lowest BCUT2D eigenvalue weighted by Crippen LogP contribution is -2.45. The number of nitrogens with one attached hydrogen (secondary N) is 1. The summed E-state index contributed by atoms with van der Waals surface area (Å²) in [5.41, 5.74) is -0.974. The molecule has 2 unspecified atom stereocenters. The van der Waals surface area contributed by atoms with Gasteiger partial charge in [-0.3, -0.25) is 9.59 Å². The number of carbonyl (C=O) groups is 2. The molecule has 0 spiro atoms. The fourth-order valence-electron chi connectivity index (χ4n) is 8.84. The highest BCUT2D eigenvalue weighted by Crippen LogP contribution is 2.44. The number of alkyl halides is 3. The van der Waals surface area contributed by atoms with E-state index in [0.29, 0.717) is 54.9 Å². The van der Waals surface area contributed by atoms with E-state index in [9.17, 15) is 22.8 Å². The molecule has 1 amide bonds. The van der Waals surface area contributed by atoms with Crippen LogP contribution >= 0.6 is 0 Å². The van der Waals surface area contributed by atoms with Gasteiger partial charge in [-0.2, -0.15) is 13.2 Å². The number of benzene rings is 1. The first-order valence-corrected chi connectivity index (χ1v) is 24.6. The zero-order valence-electron chi connectivity index (χ0n) is 35.0. The third-order valence-corrected chi connectivity index (χ3v) is 13.3. The van der Waals surface area contributed by atoms with E-state index in [2.05, 4.69) is 44.8 Å². The predicted molar refractivity (Wildman–Crippen MR) is 223 cm³/mol. The zero-order chi connectivity index (χ0) is 42.1. The second kappa shape index (κ2) is 17.2. The minimum Gasteiger partial charge on any atom is -0.490 e. The summed E-state index contributed by atoms with van der Waals surface area (Å²) in [6.07, 6.45) is 5.32. The van der Waals surface area contributed by atoms with Crippen LogP contribution in [0.4, 0.5) is 19.1 Å². The van der Waals surface area contributed by atoms with Gasteiger partial charge in [0, 0.05) is 82.3 Å². The van der Waals surface area contributed by atoms with Gasteiger partial charge in [0.1, 0.15) is 24.2 Å². The van der Waals surface area contributed by atoms with Crippen molar-refractivity contribution in [2.24, 2.45) is 17.8 Å². The Morgan fingerprint density at radius 3 is 2.27 bits per heavy atom. The number of esters is 1. The largest absolute Gasteiger partial charge is 0.490 e. The van der Waals surface area contributed by atoms with Crippen molar-refractivity contribution in [1.29, 1.82) is 0 Å². The van der Waals surface area contributed by atoms with Gasteiger partial charge in [-0.05, 0) is 101 Å². The molecule has 3 aliphatic rings. The second-order valence-electron chi connectivity index (χ2n) is 18.8. The lowest BCUT2D eigenvalue weighted by molar-refractivity contribution is -0.163. The Morgan fingerprint density at radius 2 is 1.63 bits per heavy atom. The number of nitrogens with zero attached hydrogens (tertiary/aromatic N) is 5. The molecular weight excluding hydrogens is 778 g/mol. The van der Waals surface area contributed by atoms with Gasteiger partial charge >= 0.3 is 12.1 Å². The number of carbonyl (C=O) groups excluding carboxylic acids is 2. The molecule has 3 fully saturated rings. The number of anilines is 1. The quantitative estimate of drug-likeness (QED) is 0.0847. The average Bonchev–Trinajstić information content (AvgIpc) is 3.52. The first-order valence-electron chi connectivity index (χ1n) is 20.9. The SMILES string of the molecule is CC(C)(C)OC(=O)C1CC2CC(CC(NC(=O)c3ccc(-c4cn(COCC[Si](C)(C)C)c5cc(OC6CCN(c7ncccn7)CC6)ccc45)nc3C(F)(F)F)C2)C1. The van der Waals surface area contributed by atoms with Crippen LogP contribution < -0.4 is 15.0 Å². The van der Waals surface area contributed by atoms with Crippen LogP contribution in [0.3, 0.4) is 0 Å². The van der Waals surface area contributed by atoms with Crippen molar-refractivity contribution < 1.29 is 37.0 Å². The molecule has 4 aromatic rings. The monoisotopic (exact) mass is 834 g/mol. The molecular formula is C44H57F3N6O5Si. The molecule has 4 heterocycles. The average molecular weight is 835 g/mol. The lowest BCUT2D eigenvalue weighted by atomic mass is 9.66. The first-order chi connectivity index (χ1) is 27.9. The number of rotatable bonds is 12. The highest BCUT2D eigenvalue weighted by atomic mass is 28.3. The van der Waals surface area contributed by atoms with Crippen LogP contribution in [0.1, 0.15) is 81.8 Å². The van der Waals surface area contributed by atoms with Crippen molar-refractivity contribution in [2.75, 3.05) is 24.6 Å². The Labute approximate surface area is 345 Å². The molecule has 1 N–H and O–H groups in total. The Hall–Kier alpha value is -4.50. The van der Waals surface area contributed by atoms with Crippen molar-refractivity contribution >= 4 is 36.8 Å². The van der Waals surface area contributed by atoms with Gasteiger partial charge in [0.15, 0.2) is 5.69 Å². The molecule has 2 saturated carbocycles. The number of hydrogen-bond acceptors (Lipinski definition) is 9. The van der Waals surface area contributed by atoms with Crippen LogP contribution in [0.5, 0.6) is 5.75 Å². The van der Waals surface area contributed by atoms with Crippen LogP contribution in [0.15, 0.2) is 55.0 Å². The minimum absolute atomic E-state index is 0.0274. The Bertz CT molecular complexity index is 2100. The second-order valence-corrected chi connectivity index (χ2v) is 24.4. The standard InChI is InChI=1S/C44H57F3N6O5Si/c1-43(2,3)58-41(55)30-21-28-20-29(22-30)24-31(23-28)50-40(54)35-10-11-37(51-39(35)44(45,46)47)36-26-53(27-56-18-19-59(4,5)6)38-25-33(8-9-34(36)38)57-32-12-16-52(17-13-32)42-48-14-7-15-49-42/h7-11,14-15,25-26,28-32H,12-13,16-24,27H2,1-6H3,(H,50,54). The molecule has 59 heavy (non-hydrogen) atoms. The van der Waals surface area contributed by atoms with Crippen LogP contribution in [-0.2, 0) is 27.2 Å². The van der Waals surface area contributed by atoms with Gasteiger partial charge in [-0.15, -0.1) is 0 Å². The van der Waals surface area contributed by atoms with Crippen molar-refractivity contribution in [1.82, 2.24) is 24.8 Å². The van der Waals surface area contributed by atoms with E-state index in [1.807, 2.05) is 43.5 Å². The Kier molecular flexibility index (Phi) is 12.4. The molecule has 2 bridgehead atoms. The van der Waals surface area contributed by atoms with Gasteiger partial charge in [-0.1, -0.05) is 19.6 Å². The number of amides is 1. The van der Waals surface area contributed by atoms with Crippen molar-refractivity contribution in [2.45, 2.75) is 122 Å². The molecule has 11 nitrogen and oxygen atoms in total. The molecule has 15 heteroatoms. The van der Waals surface area contributed by atoms with E-state index in [1.165, 1.54) is 12.1 Å². The molecule has 7 rings (SSSR count). The molecule has 1 saturated heterocycles. The Balaban J connectivity index is 1.09. The van der Waals surface area contributed by atoms with Gasteiger partial charge < -0.3 is 29.0 Å². The number of aromatic nitrogens is 4. The third-order valence-electron chi connectivity index (χ3n) is 11.6. The summed E-state index contributed by atoms with van der Waals surface area (Å²) < 4.78 is 64.5. The van der Waals surface area contributed by atoms with Gasteiger partial charge in [0.25, 0.3) is 5.91 Å². The van der Waals surface area contributed by atoms with Crippen LogP contribution in [-0.4, -0.2) is 76.9 Å². The van der Waals surface area contributed by atoms with Crippen LogP contribution in [0, 0.1) is 17.8 Å². The van der Waals surface area contributed by atoms with E-state index < -0.39 is 37.0 Å². The zero-order valence-corrected chi connectivity index (χ0v) is 36.0. The molecule has 2 atom stereocenters. The number of piperidine rings is 1. The maximum absolute atomic E-state index is 14.8. The van der Waals surface area contributed by atoms with Crippen LogP contribution in [0.2, 0.25) is 25.7 Å². The summed E-state index contributed by atoms with van der Waals surface area (Å²) in [6, 6.07) is 10.8. The number of ether oxygens (including phenoxy) is 3. The van der Waals surface area contributed by atoms with Gasteiger partial charge in [-0.25, -0.2) is 15.0 Å². The fraction of sp³-hybridized carbons (Fsp3) is 0.568. The van der Waals surface area contributed by atoms with Gasteiger partial charge in [0.05, 0.1) is 22.7 Å². The number of pyridine rings is 1. The summed E-state index contributed by atoms with van der Waals surface area (Å²) >= 11 is 0. The number of hydrogen-bond donors (Lipinski definition) is 1. The van der Waals surface area contributed by atoms with Gasteiger partial charge in [0.2, 0.25) is 5.95 Å².